The molecule has 0 saturated heterocycles. The van der Waals surface area contributed by atoms with Crippen molar-refractivity contribution in [2.45, 2.75) is 6.92 Å². The molecule has 0 aliphatic heterocycles. The van der Waals surface area contributed by atoms with Crippen molar-refractivity contribution in [2.24, 2.45) is 0 Å². The van der Waals surface area contributed by atoms with Gasteiger partial charge < -0.3 is 4.74 Å². The van der Waals surface area contributed by atoms with Crippen molar-refractivity contribution >= 4 is 29.0 Å². The van der Waals surface area contributed by atoms with E-state index in [0.717, 1.165) is 5.56 Å². The highest BCUT2D eigenvalue weighted by Gasteiger charge is 2.19. The van der Waals surface area contributed by atoms with Crippen LogP contribution in [0.4, 0.5) is 4.39 Å². The van der Waals surface area contributed by atoms with E-state index in [2.05, 4.69) is 0 Å². The predicted molar refractivity (Wildman–Crippen MR) is 77.6 cm³/mol. The van der Waals surface area contributed by atoms with Gasteiger partial charge in [0.05, 0.1) is 22.7 Å². The van der Waals surface area contributed by atoms with Gasteiger partial charge in [-0.25, -0.2) is 4.39 Å². The molecule has 0 N–H and O–H groups in total. The standard InChI is InChI=1S/C15H11Cl2FO2/c1-8-3-4-13(18)10(5-8)15(19)9-6-12(17)14(20-2)7-11(9)16/h3-7H,1-2H3. The van der Waals surface area contributed by atoms with E-state index in [-0.39, 0.29) is 21.2 Å². The van der Waals surface area contributed by atoms with Gasteiger partial charge >= 0.3 is 0 Å². The third kappa shape index (κ3) is 2.79. The number of hydrogen-bond donors (Lipinski definition) is 0. The molecule has 0 aliphatic rings. The number of rotatable bonds is 3. The normalized spacial score (nSPS) is 10.4. The van der Waals surface area contributed by atoms with E-state index < -0.39 is 11.6 Å². The molecule has 2 rings (SSSR count). The highest BCUT2D eigenvalue weighted by molar-refractivity contribution is 6.37. The van der Waals surface area contributed by atoms with Gasteiger partial charge in [0.2, 0.25) is 0 Å². The number of ether oxygens (including phenoxy) is 1. The van der Waals surface area contributed by atoms with E-state index >= 15 is 0 Å². The second-order valence-electron chi connectivity index (χ2n) is 4.28. The fourth-order valence-corrected chi connectivity index (χ4v) is 2.30. The van der Waals surface area contributed by atoms with Gasteiger partial charge in [0, 0.05) is 11.6 Å². The van der Waals surface area contributed by atoms with Crippen LogP contribution in [-0.4, -0.2) is 12.9 Å². The molecular formula is C15H11Cl2FO2. The Morgan fingerprint density at radius 3 is 2.45 bits per heavy atom. The fraction of sp³-hybridized carbons (Fsp3) is 0.133. The molecule has 2 aromatic carbocycles. The minimum absolute atomic E-state index is 0.0341. The highest BCUT2D eigenvalue weighted by atomic mass is 35.5. The molecule has 2 nitrogen and oxygen atoms in total. The summed E-state index contributed by atoms with van der Waals surface area (Å²) in [6, 6.07) is 7.14. The lowest BCUT2D eigenvalue weighted by Gasteiger charge is -2.09. The third-order valence-corrected chi connectivity index (χ3v) is 3.46. The van der Waals surface area contributed by atoms with Crippen LogP contribution in [0.5, 0.6) is 5.75 Å². The number of ketones is 1. The molecule has 0 amide bonds. The first kappa shape index (κ1) is 14.8. The molecule has 0 aliphatic carbocycles. The quantitative estimate of drug-likeness (QED) is 0.769. The van der Waals surface area contributed by atoms with Crippen molar-refractivity contribution in [2.75, 3.05) is 7.11 Å². The molecule has 0 saturated carbocycles. The zero-order valence-electron chi connectivity index (χ0n) is 10.8. The van der Waals surface area contributed by atoms with Crippen molar-refractivity contribution in [3.8, 4) is 5.75 Å². The van der Waals surface area contributed by atoms with Crippen LogP contribution >= 0.6 is 23.2 Å². The van der Waals surface area contributed by atoms with E-state index in [9.17, 15) is 9.18 Å². The van der Waals surface area contributed by atoms with Crippen LogP contribution < -0.4 is 4.74 Å². The lowest BCUT2D eigenvalue weighted by Crippen LogP contribution is -2.06. The maximum absolute atomic E-state index is 13.8. The largest absolute Gasteiger partial charge is 0.495 e. The average molecular weight is 313 g/mol. The highest BCUT2D eigenvalue weighted by Crippen LogP contribution is 2.32. The molecule has 0 fully saturated rings. The molecule has 0 heterocycles. The van der Waals surface area contributed by atoms with Crippen molar-refractivity contribution < 1.29 is 13.9 Å². The predicted octanol–water partition coefficient (Wildman–Crippen LogP) is 4.68. The molecule has 0 spiro atoms. The van der Waals surface area contributed by atoms with Gasteiger partial charge in [-0.05, 0) is 25.1 Å². The zero-order valence-corrected chi connectivity index (χ0v) is 12.3. The Morgan fingerprint density at radius 2 is 1.80 bits per heavy atom. The van der Waals surface area contributed by atoms with E-state index in [4.69, 9.17) is 27.9 Å². The lowest BCUT2D eigenvalue weighted by atomic mass is 10.0. The van der Waals surface area contributed by atoms with Gasteiger partial charge in [-0.1, -0.05) is 34.8 Å². The summed E-state index contributed by atoms with van der Waals surface area (Å²) in [6.07, 6.45) is 0. The molecule has 2 aromatic rings. The van der Waals surface area contributed by atoms with E-state index in [1.807, 2.05) is 0 Å². The number of hydrogen-bond acceptors (Lipinski definition) is 2. The van der Waals surface area contributed by atoms with Crippen LogP contribution in [0.15, 0.2) is 30.3 Å². The topological polar surface area (TPSA) is 26.3 Å². The maximum atomic E-state index is 13.8. The minimum Gasteiger partial charge on any atom is -0.495 e. The number of carbonyl (C=O) groups excluding carboxylic acids is 1. The number of halogens is 3. The van der Waals surface area contributed by atoms with E-state index in [0.29, 0.717) is 5.75 Å². The molecule has 5 heteroatoms. The Morgan fingerprint density at radius 1 is 1.10 bits per heavy atom. The van der Waals surface area contributed by atoms with Crippen LogP contribution in [-0.2, 0) is 0 Å². The first-order valence-electron chi connectivity index (χ1n) is 5.78. The molecule has 0 aromatic heterocycles. The molecule has 20 heavy (non-hydrogen) atoms. The van der Waals surface area contributed by atoms with Crippen LogP contribution in [0.25, 0.3) is 0 Å². The number of carbonyl (C=O) groups is 1. The molecule has 104 valence electrons. The van der Waals surface area contributed by atoms with Crippen LogP contribution in [0.2, 0.25) is 10.0 Å². The van der Waals surface area contributed by atoms with Crippen LogP contribution in [0, 0.1) is 12.7 Å². The van der Waals surface area contributed by atoms with Gasteiger partial charge in [-0.3, -0.25) is 4.79 Å². The zero-order chi connectivity index (χ0) is 14.9. The summed E-state index contributed by atoms with van der Waals surface area (Å²) in [4.78, 5) is 12.4. The third-order valence-electron chi connectivity index (χ3n) is 2.85. The van der Waals surface area contributed by atoms with Crippen LogP contribution in [0.3, 0.4) is 0 Å². The summed E-state index contributed by atoms with van der Waals surface area (Å²) in [5.41, 5.74) is 0.889. The second kappa shape index (κ2) is 5.81. The Hall–Kier alpha value is -1.58. The molecule has 0 bridgehead atoms. The van der Waals surface area contributed by atoms with Crippen molar-refractivity contribution in [1.82, 2.24) is 0 Å². The Kier molecular flexibility index (Phi) is 4.31. The Labute approximate surface area is 126 Å². The lowest BCUT2D eigenvalue weighted by molar-refractivity contribution is 0.103. The summed E-state index contributed by atoms with van der Waals surface area (Å²) < 4.78 is 18.8. The van der Waals surface area contributed by atoms with E-state index in [1.165, 1.54) is 31.4 Å². The van der Waals surface area contributed by atoms with Gasteiger partial charge in [0.25, 0.3) is 0 Å². The average Bonchev–Trinajstić information content (AvgIpc) is 2.42. The smallest absolute Gasteiger partial charge is 0.197 e. The number of benzene rings is 2. The van der Waals surface area contributed by atoms with Crippen molar-refractivity contribution in [3.63, 3.8) is 0 Å². The van der Waals surface area contributed by atoms with Crippen LogP contribution in [0.1, 0.15) is 21.5 Å². The second-order valence-corrected chi connectivity index (χ2v) is 5.09. The van der Waals surface area contributed by atoms with Crippen molar-refractivity contribution in [3.05, 3.63) is 62.9 Å². The SMILES string of the molecule is COc1cc(Cl)c(C(=O)c2cc(C)ccc2F)cc1Cl. The first-order valence-corrected chi connectivity index (χ1v) is 6.53. The monoisotopic (exact) mass is 312 g/mol. The van der Waals surface area contributed by atoms with Crippen molar-refractivity contribution in [1.29, 1.82) is 0 Å². The van der Waals surface area contributed by atoms with Gasteiger partial charge in [-0.15, -0.1) is 0 Å². The summed E-state index contributed by atoms with van der Waals surface area (Å²) in [5, 5.41) is 0.408. The summed E-state index contributed by atoms with van der Waals surface area (Å²) in [6.45, 7) is 1.78. The van der Waals surface area contributed by atoms with E-state index in [1.54, 1.807) is 13.0 Å². The summed E-state index contributed by atoms with van der Waals surface area (Å²) in [7, 11) is 1.44. The number of methoxy groups -OCH3 is 1. The first-order chi connectivity index (χ1) is 9.43. The number of aryl methyl sites for hydroxylation is 1. The molecule has 0 radical (unpaired) electrons. The van der Waals surface area contributed by atoms with Gasteiger partial charge in [-0.2, -0.15) is 0 Å². The summed E-state index contributed by atoms with van der Waals surface area (Å²) >= 11 is 12.0. The molecular weight excluding hydrogens is 302 g/mol. The van der Waals surface area contributed by atoms with Gasteiger partial charge in [0.1, 0.15) is 11.6 Å². The Balaban J connectivity index is 2.54. The summed E-state index contributed by atoms with van der Waals surface area (Å²) in [5.74, 6) is -0.748. The minimum atomic E-state index is -0.594. The molecule has 0 atom stereocenters. The van der Waals surface area contributed by atoms with Gasteiger partial charge in [0.15, 0.2) is 5.78 Å². The fourth-order valence-electron chi connectivity index (χ4n) is 1.82. The maximum Gasteiger partial charge on any atom is 0.197 e. The Bertz CT molecular complexity index is 684. The molecule has 0 unspecified atom stereocenters.